The second kappa shape index (κ2) is 5.46. The van der Waals surface area contributed by atoms with Gasteiger partial charge in [-0.2, -0.15) is 0 Å². The molecule has 0 radical (unpaired) electrons. The number of aryl methyl sites for hydroxylation is 1. The largest absolute Gasteiger partial charge is 0.361 e. The monoisotopic (exact) mass is 223 g/mol. The second-order valence-corrected chi connectivity index (χ2v) is 4.58. The molecule has 16 heavy (non-hydrogen) atoms. The lowest BCUT2D eigenvalue weighted by molar-refractivity contribution is 0.249. The molecule has 1 aliphatic heterocycles. The first kappa shape index (κ1) is 11.6. The van der Waals surface area contributed by atoms with Crippen molar-refractivity contribution in [3.8, 4) is 0 Å². The zero-order valence-corrected chi connectivity index (χ0v) is 10.2. The van der Waals surface area contributed by atoms with Crippen molar-refractivity contribution in [2.75, 3.05) is 19.6 Å². The highest BCUT2D eigenvalue weighted by Crippen LogP contribution is 2.09. The molecule has 0 saturated carbocycles. The molecule has 0 amide bonds. The maximum absolute atomic E-state index is 5.10. The van der Waals surface area contributed by atoms with Gasteiger partial charge in [0.2, 0.25) is 0 Å². The van der Waals surface area contributed by atoms with E-state index in [0.29, 0.717) is 6.04 Å². The fourth-order valence-electron chi connectivity index (χ4n) is 2.21. The van der Waals surface area contributed by atoms with Crippen LogP contribution in [0.5, 0.6) is 0 Å². The molecule has 2 rings (SSSR count). The predicted molar refractivity (Wildman–Crippen MR) is 63.2 cm³/mol. The molecule has 0 bridgehead atoms. The molecule has 90 valence electrons. The summed E-state index contributed by atoms with van der Waals surface area (Å²) in [5, 5.41) is 7.62. The summed E-state index contributed by atoms with van der Waals surface area (Å²) < 4.78 is 5.10. The van der Waals surface area contributed by atoms with Gasteiger partial charge in [0.25, 0.3) is 0 Å². The van der Waals surface area contributed by atoms with Crippen molar-refractivity contribution in [3.05, 3.63) is 17.5 Å². The van der Waals surface area contributed by atoms with E-state index in [9.17, 15) is 0 Å². The van der Waals surface area contributed by atoms with Gasteiger partial charge in [-0.15, -0.1) is 0 Å². The highest BCUT2D eigenvalue weighted by molar-refractivity contribution is 5.03. The summed E-state index contributed by atoms with van der Waals surface area (Å²) in [5.41, 5.74) is 1.05. The molecule has 1 aliphatic rings. The summed E-state index contributed by atoms with van der Waals surface area (Å²) >= 11 is 0. The Labute approximate surface area is 97.0 Å². The summed E-state index contributed by atoms with van der Waals surface area (Å²) in [6.07, 6.45) is 2.40. The van der Waals surface area contributed by atoms with Crippen LogP contribution >= 0.6 is 0 Å². The molecule has 1 aromatic heterocycles. The van der Waals surface area contributed by atoms with Crippen LogP contribution in [0.2, 0.25) is 0 Å². The third-order valence-corrected chi connectivity index (χ3v) is 3.12. The van der Waals surface area contributed by atoms with Crippen LogP contribution in [-0.2, 0) is 6.54 Å². The smallest absolute Gasteiger partial charge is 0.133 e. The number of nitrogens with zero attached hydrogens (tertiary/aromatic N) is 2. The number of rotatable bonds is 3. The van der Waals surface area contributed by atoms with E-state index in [2.05, 4.69) is 22.3 Å². The molecule has 4 nitrogen and oxygen atoms in total. The Bertz CT molecular complexity index is 324. The van der Waals surface area contributed by atoms with Gasteiger partial charge in [0.05, 0.1) is 5.69 Å². The highest BCUT2D eigenvalue weighted by atomic mass is 16.5. The summed E-state index contributed by atoms with van der Waals surface area (Å²) in [7, 11) is 0. The maximum Gasteiger partial charge on any atom is 0.133 e. The Hall–Kier alpha value is -0.870. The van der Waals surface area contributed by atoms with E-state index in [0.717, 1.165) is 37.6 Å². The minimum atomic E-state index is 0.621. The lowest BCUT2D eigenvalue weighted by atomic mass is 10.2. The van der Waals surface area contributed by atoms with Gasteiger partial charge in [0.15, 0.2) is 0 Å². The molecular formula is C12H21N3O. The number of hydrogen-bond donors (Lipinski definition) is 1. The summed E-state index contributed by atoms with van der Waals surface area (Å²) in [6.45, 7) is 8.48. The van der Waals surface area contributed by atoms with Crippen LogP contribution in [0.1, 0.15) is 31.2 Å². The minimum absolute atomic E-state index is 0.621. The van der Waals surface area contributed by atoms with E-state index in [4.69, 9.17) is 4.52 Å². The first-order valence-electron chi connectivity index (χ1n) is 6.16. The lowest BCUT2D eigenvalue weighted by Crippen LogP contribution is -2.36. The molecule has 4 heteroatoms. The van der Waals surface area contributed by atoms with Crippen molar-refractivity contribution in [3.63, 3.8) is 0 Å². The molecule has 1 atom stereocenters. The second-order valence-electron chi connectivity index (χ2n) is 4.58. The van der Waals surface area contributed by atoms with Crippen molar-refractivity contribution >= 4 is 0 Å². The van der Waals surface area contributed by atoms with E-state index in [-0.39, 0.29) is 0 Å². The predicted octanol–water partition coefficient (Wildman–Crippen LogP) is 1.56. The Kier molecular flexibility index (Phi) is 3.96. The lowest BCUT2D eigenvalue weighted by Gasteiger charge is -2.22. The topological polar surface area (TPSA) is 41.3 Å². The molecule has 0 spiro atoms. The van der Waals surface area contributed by atoms with Crippen molar-refractivity contribution < 1.29 is 4.52 Å². The highest BCUT2D eigenvalue weighted by Gasteiger charge is 2.17. The first-order valence-corrected chi connectivity index (χ1v) is 6.16. The minimum Gasteiger partial charge on any atom is -0.361 e. The Morgan fingerprint density at radius 2 is 2.50 bits per heavy atom. The summed E-state index contributed by atoms with van der Waals surface area (Å²) in [5.74, 6) is 0.898. The summed E-state index contributed by atoms with van der Waals surface area (Å²) in [4.78, 5) is 2.46. The molecular weight excluding hydrogens is 202 g/mol. The zero-order valence-electron chi connectivity index (χ0n) is 10.2. The molecule has 2 heterocycles. The van der Waals surface area contributed by atoms with Gasteiger partial charge in [0, 0.05) is 25.2 Å². The Balaban J connectivity index is 1.92. The van der Waals surface area contributed by atoms with Gasteiger partial charge in [0.1, 0.15) is 5.76 Å². The van der Waals surface area contributed by atoms with Crippen LogP contribution in [0.4, 0.5) is 0 Å². The maximum atomic E-state index is 5.10. The van der Waals surface area contributed by atoms with Gasteiger partial charge in [-0.3, -0.25) is 4.90 Å². The first-order chi connectivity index (χ1) is 7.78. The third-order valence-electron chi connectivity index (χ3n) is 3.12. The molecule has 1 unspecified atom stereocenters. The van der Waals surface area contributed by atoms with Gasteiger partial charge >= 0.3 is 0 Å². The standard InChI is InChI=1S/C12H21N3O/c1-3-11-8-15(6-4-5-13-11)9-12-7-10(2)16-14-12/h7,11,13H,3-6,8-9H2,1-2H3. The third kappa shape index (κ3) is 3.06. The van der Waals surface area contributed by atoms with Gasteiger partial charge < -0.3 is 9.84 Å². The molecule has 1 fully saturated rings. The van der Waals surface area contributed by atoms with Crippen LogP contribution in [0.25, 0.3) is 0 Å². The fraction of sp³-hybridized carbons (Fsp3) is 0.750. The van der Waals surface area contributed by atoms with E-state index >= 15 is 0 Å². The molecule has 0 aromatic carbocycles. The Morgan fingerprint density at radius 1 is 1.62 bits per heavy atom. The van der Waals surface area contributed by atoms with Crippen LogP contribution in [0, 0.1) is 6.92 Å². The fourth-order valence-corrected chi connectivity index (χ4v) is 2.21. The van der Waals surface area contributed by atoms with Crippen LogP contribution in [0.3, 0.4) is 0 Å². The van der Waals surface area contributed by atoms with Crippen LogP contribution in [-0.4, -0.2) is 35.7 Å². The quantitative estimate of drug-likeness (QED) is 0.844. The number of aromatic nitrogens is 1. The van der Waals surface area contributed by atoms with E-state index in [1.807, 2.05) is 13.0 Å². The van der Waals surface area contributed by atoms with Crippen LogP contribution in [0.15, 0.2) is 10.6 Å². The van der Waals surface area contributed by atoms with E-state index < -0.39 is 0 Å². The van der Waals surface area contributed by atoms with Gasteiger partial charge in [-0.1, -0.05) is 12.1 Å². The van der Waals surface area contributed by atoms with Crippen molar-refractivity contribution in [1.82, 2.24) is 15.4 Å². The van der Waals surface area contributed by atoms with Crippen LogP contribution < -0.4 is 5.32 Å². The normalized spacial score (nSPS) is 23.2. The van der Waals surface area contributed by atoms with Crippen molar-refractivity contribution in [2.24, 2.45) is 0 Å². The number of hydrogen-bond acceptors (Lipinski definition) is 4. The average Bonchev–Trinajstić information content (AvgIpc) is 2.55. The molecule has 1 aromatic rings. The number of nitrogens with one attached hydrogen (secondary N) is 1. The molecule has 0 aliphatic carbocycles. The summed E-state index contributed by atoms with van der Waals surface area (Å²) in [6, 6.07) is 2.65. The molecule has 1 N–H and O–H groups in total. The average molecular weight is 223 g/mol. The van der Waals surface area contributed by atoms with Gasteiger partial charge in [-0.25, -0.2) is 0 Å². The molecule has 1 saturated heterocycles. The zero-order chi connectivity index (χ0) is 11.4. The van der Waals surface area contributed by atoms with Gasteiger partial charge in [-0.05, 0) is 32.9 Å². The van der Waals surface area contributed by atoms with E-state index in [1.165, 1.54) is 12.8 Å². The SMILES string of the molecule is CCC1CN(Cc2cc(C)on2)CCCN1. The van der Waals surface area contributed by atoms with E-state index in [1.54, 1.807) is 0 Å². The van der Waals surface area contributed by atoms with Crippen molar-refractivity contribution in [2.45, 2.75) is 39.3 Å². The van der Waals surface area contributed by atoms with Crippen molar-refractivity contribution in [1.29, 1.82) is 0 Å². The Morgan fingerprint density at radius 3 is 3.19 bits per heavy atom.